The molecular formula is C12H30N2O3Si. The average Bonchev–Trinajstić information content (AvgIpc) is 2.42. The van der Waals surface area contributed by atoms with Gasteiger partial charge in [-0.1, -0.05) is 19.8 Å². The van der Waals surface area contributed by atoms with Crippen molar-refractivity contribution in [2.24, 2.45) is 5.73 Å². The summed E-state index contributed by atoms with van der Waals surface area (Å²) >= 11 is 0. The first-order chi connectivity index (χ1) is 8.70. The Hall–Kier alpha value is 0.0169. The van der Waals surface area contributed by atoms with Crippen molar-refractivity contribution in [1.82, 2.24) is 5.32 Å². The summed E-state index contributed by atoms with van der Waals surface area (Å²) in [4.78, 5) is 0. The maximum absolute atomic E-state index is 5.50. The van der Waals surface area contributed by atoms with E-state index in [0.717, 1.165) is 32.4 Å². The molecule has 110 valence electrons. The minimum atomic E-state index is -2.55. The Morgan fingerprint density at radius 2 is 1.56 bits per heavy atom. The summed E-state index contributed by atoms with van der Waals surface area (Å²) in [6.07, 6.45) is 5.62. The van der Waals surface area contributed by atoms with Gasteiger partial charge >= 0.3 is 8.80 Å². The Balaban J connectivity index is 4.01. The third-order valence-corrected chi connectivity index (χ3v) is 6.38. The van der Waals surface area contributed by atoms with Crippen LogP contribution >= 0.6 is 0 Å². The van der Waals surface area contributed by atoms with Gasteiger partial charge in [0.15, 0.2) is 0 Å². The van der Waals surface area contributed by atoms with Crippen molar-refractivity contribution in [3.8, 4) is 0 Å². The first-order valence-electron chi connectivity index (χ1n) is 6.79. The first-order valence-corrected chi connectivity index (χ1v) is 8.59. The van der Waals surface area contributed by atoms with E-state index in [1.54, 1.807) is 21.3 Å². The Labute approximate surface area is 113 Å². The van der Waals surface area contributed by atoms with Crippen LogP contribution in [-0.4, -0.2) is 48.9 Å². The van der Waals surface area contributed by atoms with Gasteiger partial charge in [0.25, 0.3) is 0 Å². The third kappa shape index (κ3) is 5.77. The molecule has 0 bridgehead atoms. The van der Waals surface area contributed by atoms with Gasteiger partial charge in [-0.2, -0.15) is 0 Å². The zero-order valence-electron chi connectivity index (χ0n) is 12.3. The van der Waals surface area contributed by atoms with E-state index in [0.29, 0.717) is 0 Å². The second-order valence-corrected chi connectivity index (χ2v) is 7.46. The van der Waals surface area contributed by atoms with Gasteiger partial charge in [-0.25, -0.2) is 0 Å². The van der Waals surface area contributed by atoms with Crippen LogP contribution in [0.4, 0.5) is 0 Å². The van der Waals surface area contributed by atoms with Crippen LogP contribution in [0.1, 0.15) is 39.0 Å². The molecule has 1 unspecified atom stereocenters. The van der Waals surface area contributed by atoms with Crippen molar-refractivity contribution in [1.29, 1.82) is 0 Å². The first kappa shape index (κ1) is 18.0. The lowest BCUT2D eigenvalue weighted by Gasteiger charge is -2.32. The third-order valence-electron chi connectivity index (χ3n) is 3.21. The van der Waals surface area contributed by atoms with Gasteiger partial charge in [0.05, 0.1) is 5.67 Å². The van der Waals surface area contributed by atoms with E-state index in [4.69, 9.17) is 19.0 Å². The van der Waals surface area contributed by atoms with E-state index < -0.39 is 8.80 Å². The van der Waals surface area contributed by atoms with Crippen LogP contribution < -0.4 is 11.1 Å². The SMILES string of the molecule is CCC(NCCCCCCN)[Si](OC)(OC)OC. The molecule has 0 spiro atoms. The number of nitrogens with two attached hydrogens (primary N) is 1. The summed E-state index contributed by atoms with van der Waals surface area (Å²) < 4.78 is 16.5. The summed E-state index contributed by atoms with van der Waals surface area (Å²) in [5.74, 6) is 0. The van der Waals surface area contributed by atoms with Gasteiger partial charge in [0, 0.05) is 21.3 Å². The van der Waals surface area contributed by atoms with Crippen LogP contribution in [0.3, 0.4) is 0 Å². The molecule has 3 N–H and O–H groups in total. The second-order valence-electron chi connectivity index (χ2n) is 4.33. The number of rotatable bonds is 12. The number of hydrogen-bond acceptors (Lipinski definition) is 5. The van der Waals surface area contributed by atoms with Crippen molar-refractivity contribution in [2.75, 3.05) is 34.4 Å². The Bertz CT molecular complexity index is 184. The Morgan fingerprint density at radius 3 is 2.00 bits per heavy atom. The summed E-state index contributed by atoms with van der Waals surface area (Å²) in [6.45, 7) is 3.87. The summed E-state index contributed by atoms with van der Waals surface area (Å²) in [5, 5.41) is 3.50. The van der Waals surface area contributed by atoms with Crippen LogP contribution in [0.5, 0.6) is 0 Å². The minimum Gasteiger partial charge on any atom is -0.376 e. The molecule has 1 atom stereocenters. The van der Waals surface area contributed by atoms with Crippen LogP contribution in [0.15, 0.2) is 0 Å². The molecule has 0 fully saturated rings. The number of nitrogens with one attached hydrogen (secondary N) is 1. The quantitative estimate of drug-likeness (QED) is 0.416. The largest absolute Gasteiger partial charge is 0.517 e. The maximum Gasteiger partial charge on any atom is 0.517 e. The van der Waals surface area contributed by atoms with E-state index in [1.807, 2.05) is 0 Å². The fourth-order valence-electron chi connectivity index (χ4n) is 2.10. The molecule has 0 aliphatic heterocycles. The lowest BCUT2D eigenvalue weighted by atomic mass is 10.2. The molecule has 18 heavy (non-hydrogen) atoms. The van der Waals surface area contributed by atoms with Crippen LogP contribution in [0.2, 0.25) is 0 Å². The van der Waals surface area contributed by atoms with E-state index >= 15 is 0 Å². The molecule has 0 saturated carbocycles. The maximum atomic E-state index is 5.50. The van der Waals surface area contributed by atoms with Gasteiger partial charge < -0.3 is 24.3 Å². The molecule has 0 aromatic rings. The smallest absolute Gasteiger partial charge is 0.376 e. The minimum absolute atomic E-state index is 0.159. The van der Waals surface area contributed by atoms with Crippen LogP contribution in [-0.2, 0) is 13.3 Å². The van der Waals surface area contributed by atoms with Gasteiger partial charge in [0.2, 0.25) is 0 Å². The zero-order chi connectivity index (χ0) is 13.9. The van der Waals surface area contributed by atoms with Crippen molar-refractivity contribution < 1.29 is 13.3 Å². The highest BCUT2D eigenvalue weighted by Crippen LogP contribution is 2.14. The molecule has 0 radical (unpaired) electrons. The number of hydrogen-bond donors (Lipinski definition) is 2. The summed E-state index contributed by atoms with van der Waals surface area (Å²) in [7, 11) is 2.42. The summed E-state index contributed by atoms with van der Waals surface area (Å²) in [5.41, 5.74) is 5.62. The second kappa shape index (κ2) is 10.9. The lowest BCUT2D eigenvalue weighted by Crippen LogP contribution is -2.60. The molecule has 0 amide bonds. The molecule has 0 aromatic heterocycles. The van der Waals surface area contributed by atoms with Crippen molar-refractivity contribution in [2.45, 2.75) is 44.7 Å². The average molecular weight is 278 g/mol. The van der Waals surface area contributed by atoms with Gasteiger partial charge in [-0.3, -0.25) is 0 Å². The fraction of sp³-hybridized carbons (Fsp3) is 1.00. The molecule has 0 saturated heterocycles. The molecule has 0 rings (SSSR count). The highest BCUT2D eigenvalue weighted by molar-refractivity contribution is 6.62. The molecule has 0 aliphatic rings. The van der Waals surface area contributed by atoms with Crippen LogP contribution in [0.25, 0.3) is 0 Å². The molecule has 6 heteroatoms. The predicted octanol–water partition coefficient (Wildman–Crippen LogP) is 1.29. The van der Waals surface area contributed by atoms with Crippen molar-refractivity contribution >= 4 is 8.80 Å². The molecule has 5 nitrogen and oxygen atoms in total. The molecule has 0 heterocycles. The van der Waals surface area contributed by atoms with Crippen LogP contribution in [0, 0.1) is 0 Å². The van der Waals surface area contributed by atoms with Gasteiger partial charge in [0.1, 0.15) is 0 Å². The highest BCUT2D eigenvalue weighted by atomic mass is 28.4. The lowest BCUT2D eigenvalue weighted by molar-refractivity contribution is 0.106. The monoisotopic (exact) mass is 278 g/mol. The van der Waals surface area contributed by atoms with Crippen molar-refractivity contribution in [3.05, 3.63) is 0 Å². The van der Waals surface area contributed by atoms with E-state index in [9.17, 15) is 0 Å². The molecule has 0 aromatic carbocycles. The number of unbranched alkanes of at least 4 members (excludes halogenated alkanes) is 3. The van der Waals surface area contributed by atoms with Gasteiger partial charge in [-0.15, -0.1) is 0 Å². The summed E-state index contributed by atoms with van der Waals surface area (Å²) in [6, 6.07) is 0. The Morgan fingerprint density at radius 1 is 1.00 bits per heavy atom. The molecular weight excluding hydrogens is 248 g/mol. The predicted molar refractivity (Wildman–Crippen MR) is 76.4 cm³/mol. The van der Waals surface area contributed by atoms with Crippen molar-refractivity contribution in [3.63, 3.8) is 0 Å². The zero-order valence-corrected chi connectivity index (χ0v) is 13.3. The molecule has 0 aliphatic carbocycles. The normalized spacial score (nSPS) is 13.8. The topological polar surface area (TPSA) is 65.7 Å². The fourth-order valence-corrected chi connectivity index (χ4v) is 4.34. The van der Waals surface area contributed by atoms with E-state index in [2.05, 4.69) is 12.2 Å². The Kier molecular flexibility index (Phi) is 10.9. The van der Waals surface area contributed by atoms with E-state index in [1.165, 1.54) is 12.8 Å². The highest BCUT2D eigenvalue weighted by Gasteiger charge is 2.46. The standard InChI is InChI=1S/C12H30N2O3Si/c1-5-12(18(15-2,16-3)17-4)14-11-9-7-6-8-10-13/h12,14H,5-11,13H2,1-4H3. The van der Waals surface area contributed by atoms with Gasteiger partial charge in [-0.05, 0) is 32.4 Å². The van der Waals surface area contributed by atoms with E-state index in [-0.39, 0.29) is 5.67 Å².